The van der Waals surface area contributed by atoms with Gasteiger partial charge in [-0.3, -0.25) is 4.79 Å². The molecular formula is C13H18N2O3. The normalized spacial score (nSPS) is 21.7. The number of nitrogens with two attached hydrogens (primary N) is 1. The zero-order chi connectivity index (χ0) is 13.0. The van der Waals surface area contributed by atoms with Crippen molar-refractivity contribution in [2.24, 2.45) is 5.73 Å². The highest BCUT2D eigenvalue weighted by Gasteiger charge is 2.30. The number of morpholine rings is 1. The van der Waals surface area contributed by atoms with E-state index in [4.69, 9.17) is 10.5 Å². The van der Waals surface area contributed by atoms with Gasteiger partial charge in [-0.25, -0.2) is 0 Å². The third-order valence-corrected chi connectivity index (χ3v) is 3.15. The molecule has 0 bridgehead atoms. The van der Waals surface area contributed by atoms with E-state index in [1.54, 1.807) is 4.90 Å². The molecule has 1 aromatic carbocycles. The average molecular weight is 250 g/mol. The molecule has 1 heterocycles. The second-order valence-corrected chi connectivity index (χ2v) is 4.33. The predicted octanol–water partition coefficient (Wildman–Crippen LogP) is -0.0939. The van der Waals surface area contributed by atoms with Gasteiger partial charge in [-0.05, 0) is 5.56 Å². The SMILES string of the molecule is N[C@@H](C(=O)N1CCOCC1CO)c1ccccc1. The molecule has 3 N–H and O–H groups in total. The van der Waals surface area contributed by atoms with E-state index < -0.39 is 6.04 Å². The van der Waals surface area contributed by atoms with Gasteiger partial charge >= 0.3 is 0 Å². The van der Waals surface area contributed by atoms with E-state index in [1.807, 2.05) is 30.3 Å². The molecule has 0 radical (unpaired) electrons. The Hall–Kier alpha value is -1.43. The first-order chi connectivity index (χ1) is 8.74. The molecule has 5 heteroatoms. The van der Waals surface area contributed by atoms with Gasteiger partial charge in [0.1, 0.15) is 6.04 Å². The van der Waals surface area contributed by atoms with Crippen molar-refractivity contribution in [3.05, 3.63) is 35.9 Å². The molecular weight excluding hydrogens is 232 g/mol. The number of amides is 1. The number of hydrogen-bond acceptors (Lipinski definition) is 4. The Bertz CT molecular complexity index is 396. The number of nitrogens with zero attached hydrogens (tertiary/aromatic N) is 1. The Morgan fingerprint density at radius 3 is 2.89 bits per heavy atom. The number of aliphatic hydroxyl groups is 1. The maximum atomic E-state index is 12.3. The summed E-state index contributed by atoms with van der Waals surface area (Å²) in [5.41, 5.74) is 6.76. The molecule has 2 atom stereocenters. The summed E-state index contributed by atoms with van der Waals surface area (Å²) in [6, 6.07) is 8.27. The highest BCUT2D eigenvalue weighted by molar-refractivity contribution is 5.83. The molecule has 2 rings (SSSR count). The summed E-state index contributed by atoms with van der Waals surface area (Å²) in [6.45, 7) is 1.23. The van der Waals surface area contributed by atoms with Crippen molar-refractivity contribution < 1.29 is 14.6 Å². The Morgan fingerprint density at radius 1 is 1.50 bits per heavy atom. The van der Waals surface area contributed by atoms with Gasteiger partial charge in [-0.15, -0.1) is 0 Å². The van der Waals surface area contributed by atoms with Crippen LogP contribution in [0.1, 0.15) is 11.6 Å². The van der Waals surface area contributed by atoms with Gasteiger partial charge in [0.25, 0.3) is 0 Å². The minimum atomic E-state index is -0.682. The van der Waals surface area contributed by atoms with Gasteiger partial charge in [0.15, 0.2) is 0 Å². The van der Waals surface area contributed by atoms with Gasteiger partial charge in [0, 0.05) is 6.54 Å². The van der Waals surface area contributed by atoms with E-state index in [0.717, 1.165) is 5.56 Å². The maximum Gasteiger partial charge on any atom is 0.244 e. The van der Waals surface area contributed by atoms with E-state index in [2.05, 4.69) is 0 Å². The standard InChI is InChI=1S/C13H18N2O3/c14-12(10-4-2-1-3-5-10)13(17)15-6-7-18-9-11(15)8-16/h1-5,11-12,16H,6-9,14H2/t11?,12-/m1/s1. The van der Waals surface area contributed by atoms with Crippen LogP contribution in [0.25, 0.3) is 0 Å². The number of carbonyl (C=O) groups excluding carboxylic acids is 1. The first-order valence-electron chi connectivity index (χ1n) is 6.03. The zero-order valence-electron chi connectivity index (χ0n) is 10.2. The quantitative estimate of drug-likeness (QED) is 0.786. The monoisotopic (exact) mass is 250 g/mol. The number of benzene rings is 1. The molecule has 18 heavy (non-hydrogen) atoms. The lowest BCUT2D eigenvalue weighted by Gasteiger charge is -2.36. The predicted molar refractivity (Wildman–Crippen MR) is 66.8 cm³/mol. The van der Waals surface area contributed by atoms with Crippen LogP contribution in [-0.4, -0.2) is 48.3 Å². The Balaban J connectivity index is 2.10. The fourth-order valence-corrected chi connectivity index (χ4v) is 2.08. The fourth-order valence-electron chi connectivity index (χ4n) is 2.08. The van der Waals surface area contributed by atoms with Crippen LogP contribution in [-0.2, 0) is 9.53 Å². The highest BCUT2D eigenvalue weighted by atomic mass is 16.5. The molecule has 1 unspecified atom stereocenters. The number of carbonyl (C=O) groups is 1. The van der Waals surface area contributed by atoms with Crippen molar-refractivity contribution in [2.45, 2.75) is 12.1 Å². The maximum absolute atomic E-state index is 12.3. The molecule has 5 nitrogen and oxygen atoms in total. The lowest BCUT2D eigenvalue weighted by molar-refractivity contribution is -0.143. The second-order valence-electron chi connectivity index (χ2n) is 4.33. The van der Waals surface area contributed by atoms with Crippen LogP contribution in [0.3, 0.4) is 0 Å². The molecule has 1 aromatic rings. The van der Waals surface area contributed by atoms with Crippen LogP contribution < -0.4 is 5.73 Å². The molecule has 1 fully saturated rings. The molecule has 1 aliphatic heterocycles. The fraction of sp³-hybridized carbons (Fsp3) is 0.462. The molecule has 0 spiro atoms. The third kappa shape index (κ3) is 2.69. The van der Waals surface area contributed by atoms with Crippen molar-refractivity contribution in [1.82, 2.24) is 4.90 Å². The van der Waals surface area contributed by atoms with Crippen molar-refractivity contribution in [3.8, 4) is 0 Å². The zero-order valence-corrected chi connectivity index (χ0v) is 10.2. The Morgan fingerprint density at radius 2 is 2.22 bits per heavy atom. The summed E-state index contributed by atoms with van der Waals surface area (Å²) < 4.78 is 5.24. The molecule has 1 amide bonds. The number of rotatable bonds is 3. The van der Waals surface area contributed by atoms with Crippen molar-refractivity contribution in [3.63, 3.8) is 0 Å². The van der Waals surface area contributed by atoms with E-state index in [1.165, 1.54) is 0 Å². The number of ether oxygens (including phenoxy) is 1. The molecule has 1 saturated heterocycles. The molecule has 98 valence electrons. The first-order valence-corrected chi connectivity index (χ1v) is 6.03. The highest BCUT2D eigenvalue weighted by Crippen LogP contribution is 2.16. The summed E-state index contributed by atoms with van der Waals surface area (Å²) in [4.78, 5) is 13.9. The largest absolute Gasteiger partial charge is 0.394 e. The molecule has 0 saturated carbocycles. The van der Waals surface area contributed by atoms with Crippen LogP contribution in [0.15, 0.2) is 30.3 Å². The van der Waals surface area contributed by atoms with Gasteiger partial charge in [-0.2, -0.15) is 0 Å². The minimum absolute atomic E-state index is 0.104. The lowest BCUT2D eigenvalue weighted by Crippen LogP contribution is -2.53. The van der Waals surface area contributed by atoms with Gasteiger partial charge in [-0.1, -0.05) is 30.3 Å². The van der Waals surface area contributed by atoms with Crippen molar-refractivity contribution in [2.75, 3.05) is 26.4 Å². The molecule has 1 aliphatic rings. The van der Waals surface area contributed by atoms with Crippen LogP contribution in [0, 0.1) is 0 Å². The van der Waals surface area contributed by atoms with E-state index in [0.29, 0.717) is 19.8 Å². The average Bonchev–Trinajstić information content (AvgIpc) is 2.46. The smallest absolute Gasteiger partial charge is 0.244 e. The topological polar surface area (TPSA) is 75.8 Å². The van der Waals surface area contributed by atoms with Crippen LogP contribution in [0.5, 0.6) is 0 Å². The molecule has 0 aromatic heterocycles. The second kappa shape index (κ2) is 5.95. The number of hydrogen-bond donors (Lipinski definition) is 2. The minimum Gasteiger partial charge on any atom is -0.394 e. The van der Waals surface area contributed by atoms with Gasteiger partial charge in [0.2, 0.25) is 5.91 Å². The summed E-state index contributed by atoms with van der Waals surface area (Å²) in [7, 11) is 0. The summed E-state index contributed by atoms with van der Waals surface area (Å²) in [5.74, 6) is -0.163. The third-order valence-electron chi connectivity index (χ3n) is 3.15. The summed E-state index contributed by atoms with van der Waals surface area (Å²) in [6.07, 6.45) is 0. The van der Waals surface area contributed by atoms with E-state index >= 15 is 0 Å². The van der Waals surface area contributed by atoms with Crippen LogP contribution >= 0.6 is 0 Å². The summed E-state index contributed by atoms with van der Waals surface area (Å²) >= 11 is 0. The number of aliphatic hydroxyl groups excluding tert-OH is 1. The van der Waals surface area contributed by atoms with Crippen LogP contribution in [0.4, 0.5) is 0 Å². The van der Waals surface area contributed by atoms with Crippen molar-refractivity contribution in [1.29, 1.82) is 0 Å². The first kappa shape index (κ1) is 13.0. The van der Waals surface area contributed by atoms with Crippen LogP contribution in [0.2, 0.25) is 0 Å². The van der Waals surface area contributed by atoms with E-state index in [-0.39, 0.29) is 18.6 Å². The Labute approximate surface area is 106 Å². The summed E-state index contributed by atoms with van der Waals surface area (Å²) in [5, 5.41) is 9.25. The lowest BCUT2D eigenvalue weighted by atomic mass is 10.1. The van der Waals surface area contributed by atoms with Crippen molar-refractivity contribution >= 4 is 5.91 Å². The Kier molecular flexibility index (Phi) is 4.30. The van der Waals surface area contributed by atoms with E-state index in [9.17, 15) is 9.90 Å². The van der Waals surface area contributed by atoms with Gasteiger partial charge < -0.3 is 20.5 Å². The molecule has 0 aliphatic carbocycles. The van der Waals surface area contributed by atoms with Gasteiger partial charge in [0.05, 0.1) is 25.9 Å².